The number of benzene rings is 1. The number of anilines is 1. The fourth-order valence-electron chi connectivity index (χ4n) is 3.33. The number of hydrogen-bond acceptors (Lipinski definition) is 6. The number of hydrogen-bond donors (Lipinski definition) is 2. The minimum Gasteiger partial charge on any atom is -0.493 e. The van der Waals surface area contributed by atoms with Crippen LogP contribution in [0.4, 0.5) is 5.69 Å². The lowest BCUT2D eigenvalue weighted by Crippen LogP contribution is -2.32. The molecule has 0 saturated carbocycles. The molecule has 7 nitrogen and oxygen atoms in total. The molecule has 1 fully saturated rings. The second-order valence-electron chi connectivity index (χ2n) is 6.56. The van der Waals surface area contributed by atoms with E-state index in [1.165, 1.54) is 27.4 Å². The van der Waals surface area contributed by atoms with E-state index in [-0.39, 0.29) is 17.4 Å². The van der Waals surface area contributed by atoms with Gasteiger partial charge in [-0.1, -0.05) is 6.92 Å². The zero-order valence-electron chi connectivity index (χ0n) is 15.9. The maximum absolute atomic E-state index is 12.5. The van der Waals surface area contributed by atoms with Crippen LogP contribution in [0.3, 0.4) is 0 Å². The Morgan fingerprint density at radius 3 is 2.35 bits per heavy atom. The van der Waals surface area contributed by atoms with E-state index in [1.54, 1.807) is 6.07 Å². The highest BCUT2D eigenvalue weighted by Gasteiger charge is 2.24. The van der Waals surface area contributed by atoms with Crippen molar-refractivity contribution in [2.75, 3.05) is 39.7 Å². The summed E-state index contributed by atoms with van der Waals surface area (Å²) >= 11 is 0. The van der Waals surface area contributed by atoms with Gasteiger partial charge in [0.2, 0.25) is 5.91 Å². The van der Waals surface area contributed by atoms with Crippen molar-refractivity contribution in [2.24, 2.45) is 11.8 Å². The Kier molecular flexibility index (Phi) is 7.26. The van der Waals surface area contributed by atoms with Crippen molar-refractivity contribution >= 4 is 17.6 Å². The van der Waals surface area contributed by atoms with E-state index in [2.05, 4.69) is 17.6 Å². The molecular weight excluding hydrogens is 336 g/mol. The van der Waals surface area contributed by atoms with Gasteiger partial charge in [0, 0.05) is 18.6 Å². The summed E-state index contributed by atoms with van der Waals surface area (Å²) in [6.45, 7) is 4.10. The molecule has 0 spiro atoms. The summed E-state index contributed by atoms with van der Waals surface area (Å²) in [6.07, 6.45) is 2.57. The molecule has 1 heterocycles. The Labute approximate surface area is 154 Å². The number of carbonyl (C=O) groups is 2. The molecule has 1 aliphatic heterocycles. The molecule has 0 aliphatic carbocycles. The van der Waals surface area contributed by atoms with Crippen molar-refractivity contribution in [1.82, 2.24) is 5.32 Å². The van der Waals surface area contributed by atoms with Gasteiger partial charge in [-0.05, 0) is 37.8 Å². The second kappa shape index (κ2) is 9.43. The Morgan fingerprint density at radius 1 is 1.15 bits per heavy atom. The molecule has 1 saturated heterocycles. The summed E-state index contributed by atoms with van der Waals surface area (Å²) in [5.74, 6) is 0.961. The molecule has 1 amide bonds. The number of methoxy groups -OCH3 is 3. The van der Waals surface area contributed by atoms with Gasteiger partial charge in [-0.25, -0.2) is 4.79 Å². The topological polar surface area (TPSA) is 85.9 Å². The first kappa shape index (κ1) is 20.0. The third kappa shape index (κ3) is 4.88. The van der Waals surface area contributed by atoms with Crippen LogP contribution in [-0.4, -0.2) is 46.3 Å². The molecule has 26 heavy (non-hydrogen) atoms. The predicted molar refractivity (Wildman–Crippen MR) is 98.9 cm³/mol. The number of nitrogens with one attached hydrogen (secondary N) is 2. The molecule has 1 aromatic carbocycles. The van der Waals surface area contributed by atoms with Crippen molar-refractivity contribution in [3.63, 3.8) is 0 Å². The lowest BCUT2D eigenvalue weighted by atomic mass is 9.84. The quantitative estimate of drug-likeness (QED) is 0.723. The molecule has 0 radical (unpaired) electrons. The standard InChI is InChI=1S/C19H28N2O5/c1-12(13-5-7-20-8-6-13)9-18(22)21-15-11-17(25-3)16(24-2)10-14(15)19(23)26-4/h10-13,20H,5-9H2,1-4H3,(H,21,22). The van der Waals surface area contributed by atoms with Gasteiger partial charge in [0.25, 0.3) is 0 Å². The van der Waals surface area contributed by atoms with Gasteiger partial charge in [-0.3, -0.25) is 4.79 Å². The van der Waals surface area contributed by atoms with Gasteiger partial charge < -0.3 is 24.8 Å². The summed E-state index contributed by atoms with van der Waals surface area (Å²) in [7, 11) is 4.28. The average Bonchev–Trinajstić information content (AvgIpc) is 2.67. The van der Waals surface area contributed by atoms with E-state index >= 15 is 0 Å². The van der Waals surface area contributed by atoms with Crippen LogP contribution in [0.2, 0.25) is 0 Å². The van der Waals surface area contributed by atoms with E-state index in [4.69, 9.17) is 14.2 Å². The first-order valence-corrected chi connectivity index (χ1v) is 8.85. The molecule has 0 bridgehead atoms. The fourth-order valence-corrected chi connectivity index (χ4v) is 3.33. The largest absolute Gasteiger partial charge is 0.493 e. The monoisotopic (exact) mass is 364 g/mol. The molecule has 144 valence electrons. The van der Waals surface area contributed by atoms with Crippen molar-refractivity contribution in [1.29, 1.82) is 0 Å². The Balaban J connectivity index is 2.15. The molecule has 1 aliphatic rings. The third-order valence-corrected chi connectivity index (χ3v) is 4.90. The van der Waals surface area contributed by atoms with Crippen LogP contribution in [-0.2, 0) is 9.53 Å². The van der Waals surface area contributed by atoms with Crippen LogP contribution in [0.1, 0.15) is 36.5 Å². The van der Waals surface area contributed by atoms with Crippen LogP contribution in [0.25, 0.3) is 0 Å². The van der Waals surface area contributed by atoms with Gasteiger partial charge in [0.05, 0.1) is 32.6 Å². The van der Waals surface area contributed by atoms with E-state index in [1.807, 2.05) is 0 Å². The van der Waals surface area contributed by atoms with Crippen molar-refractivity contribution < 1.29 is 23.8 Å². The van der Waals surface area contributed by atoms with Crippen molar-refractivity contribution in [3.05, 3.63) is 17.7 Å². The molecule has 1 aromatic rings. The van der Waals surface area contributed by atoms with Gasteiger partial charge in [-0.15, -0.1) is 0 Å². The van der Waals surface area contributed by atoms with Crippen LogP contribution in [0.5, 0.6) is 11.5 Å². The van der Waals surface area contributed by atoms with E-state index in [9.17, 15) is 9.59 Å². The van der Waals surface area contributed by atoms with E-state index in [0.717, 1.165) is 25.9 Å². The second-order valence-corrected chi connectivity index (χ2v) is 6.56. The Hall–Kier alpha value is -2.28. The average molecular weight is 364 g/mol. The number of carbonyl (C=O) groups excluding carboxylic acids is 2. The molecule has 1 atom stereocenters. The number of amides is 1. The smallest absolute Gasteiger partial charge is 0.340 e. The summed E-state index contributed by atoms with van der Waals surface area (Å²) in [5.41, 5.74) is 0.588. The number of esters is 1. The Morgan fingerprint density at radius 2 is 1.77 bits per heavy atom. The molecule has 0 aromatic heterocycles. The molecule has 1 unspecified atom stereocenters. The van der Waals surface area contributed by atoms with Crippen LogP contribution >= 0.6 is 0 Å². The van der Waals surface area contributed by atoms with Gasteiger partial charge >= 0.3 is 5.97 Å². The SMILES string of the molecule is COC(=O)c1cc(OC)c(OC)cc1NC(=O)CC(C)C1CCNCC1. The minimum atomic E-state index is -0.548. The zero-order valence-corrected chi connectivity index (χ0v) is 15.9. The molecule has 2 N–H and O–H groups in total. The zero-order chi connectivity index (χ0) is 19.1. The highest BCUT2D eigenvalue weighted by Crippen LogP contribution is 2.34. The maximum Gasteiger partial charge on any atom is 0.340 e. The first-order chi connectivity index (χ1) is 12.5. The van der Waals surface area contributed by atoms with Gasteiger partial charge in [0.15, 0.2) is 11.5 Å². The lowest BCUT2D eigenvalue weighted by molar-refractivity contribution is -0.117. The molecule has 7 heteroatoms. The third-order valence-electron chi connectivity index (χ3n) is 4.90. The molecule has 2 rings (SSSR count). The van der Waals surface area contributed by atoms with Gasteiger partial charge in [0.1, 0.15) is 0 Å². The summed E-state index contributed by atoms with van der Waals surface area (Å²) < 4.78 is 15.3. The number of piperidine rings is 1. The normalized spacial score (nSPS) is 15.8. The number of rotatable bonds is 7. The van der Waals surface area contributed by atoms with Crippen LogP contribution in [0, 0.1) is 11.8 Å². The first-order valence-electron chi connectivity index (χ1n) is 8.85. The lowest BCUT2D eigenvalue weighted by Gasteiger charge is -2.28. The van der Waals surface area contributed by atoms with E-state index < -0.39 is 5.97 Å². The highest BCUT2D eigenvalue weighted by molar-refractivity contribution is 6.02. The minimum absolute atomic E-state index is 0.131. The predicted octanol–water partition coefficient (Wildman–Crippen LogP) is 2.45. The van der Waals surface area contributed by atoms with Crippen LogP contribution in [0.15, 0.2) is 12.1 Å². The highest BCUT2D eigenvalue weighted by atomic mass is 16.5. The summed E-state index contributed by atoms with van der Waals surface area (Å²) in [5, 5.41) is 6.17. The maximum atomic E-state index is 12.5. The van der Waals surface area contributed by atoms with Gasteiger partial charge in [-0.2, -0.15) is 0 Å². The van der Waals surface area contributed by atoms with E-state index in [0.29, 0.717) is 29.5 Å². The fraction of sp³-hybridized carbons (Fsp3) is 0.579. The summed E-state index contributed by atoms with van der Waals surface area (Å²) in [4.78, 5) is 24.6. The number of ether oxygens (including phenoxy) is 3. The Bertz CT molecular complexity index is 641. The summed E-state index contributed by atoms with van der Waals surface area (Å²) in [6, 6.07) is 3.09. The van der Waals surface area contributed by atoms with Crippen LogP contribution < -0.4 is 20.1 Å². The van der Waals surface area contributed by atoms with Crippen molar-refractivity contribution in [2.45, 2.75) is 26.2 Å². The van der Waals surface area contributed by atoms with Crippen molar-refractivity contribution in [3.8, 4) is 11.5 Å². The molecular formula is C19H28N2O5.